The van der Waals surface area contributed by atoms with Gasteiger partial charge in [-0.15, -0.1) is 0 Å². The average molecular weight is 507 g/mol. The second kappa shape index (κ2) is 8.96. The lowest BCUT2D eigenvalue weighted by Gasteiger charge is -2.23. The van der Waals surface area contributed by atoms with Crippen molar-refractivity contribution in [2.75, 3.05) is 25.0 Å². The number of amides is 2. The van der Waals surface area contributed by atoms with Crippen LogP contribution in [0.15, 0.2) is 35.6 Å². The minimum Gasteiger partial charge on any atom is -0.489 e. The van der Waals surface area contributed by atoms with Crippen molar-refractivity contribution in [2.24, 2.45) is 20.0 Å². The second-order valence-electron chi connectivity index (χ2n) is 8.50. The molecule has 0 aliphatic carbocycles. The van der Waals surface area contributed by atoms with Crippen LogP contribution in [0.25, 0.3) is 0 Å². The fourth-order valence-electron chi connectivity index (χ4n) is 4.25. The van der Waals surface area contributed by atoms with Gasteiger partial charge >= 0.3 is 0 Å². The Hall–Kier alpha value is -3.45. The van der Waals surface area contributed by atoms with Crippen LogP contribution < -0.4 is 14.8 Å². The van der Waals surface area contributed by atoms with E-state index in [1.165, 1.54) is 18.1 Å². The summed E-state index contributed by atoms with van der Waals surface area (Å²) in [5.41, 5.74) is 0.421. The van der Waals surface area contributed by atoms with E-state index in [9.17, 15) is 22.8 Å². The van der Waals surface area contributed by atoms with Gasteiger partial charge in [0.2, 0.25) is 0 Å². The number of aromatic nitrogens is 3. The number of rotatable bonds is 3. The second-order valence-corrected chi connectivity index (χ2v) is 9.38. The molecule has 2 aliphatic heterocycles. The number of carbonyl (C=O) groups is 2. The van der Waals surface area contributed by atoms with Gasteiger partial charge in [-0.2, -0.15) is 5.10 Å². The first-order valence-electron chi connectivity index (χ1n) is 10.7. The molecule has 0 spiro atoms. The molecule has 2 aliphatic rings. The predicted molar refractivity (Wildman–Crippen MR) is 121 cm³/mol. The highest BCUT2D eigenvalue weighted by molar-refractivity contribution is 7.97. The minimum absolute atomic E-state index is 0.0311. The molecule has 0 bridgehead atoms. The number of aryl methyl sites for hydroxylation is 2. The maximum absolute atomic E-state index is 13.6. The third-order valence-corrected chi connectivity index (χ3v) is 6.93. The summed E-state index contributed by atoms with van der Waals surface area (Å²) in [7, 11) is 3.39. The van der Waals surface area contributed by atoms with Gasteiger partial charge in [0.1, 0.15) is 0 Å². The lowest BCUT2D eigenvalue weighted by Crippen LogP contribution is -2.36. The normalized spacial score (nSPS) is 19.4. The standard InChI is InChI=1S/C22H21F3N6O3S/c1-29-9-17-20(19(29)21(32)27-13-3-14(23)18(25)15(24)4-13)34-10-12-7-31(8-16(12)28-35-17)22(33)11-5-26-30(2)6-11/h3-6,9,12,16,28H,7-8,10H2,1-2H3,(H,27,32). The molecule has 0 saturated carbocycles. The summed E-state index contributed by atoms with van der Waals surface area (Å²) in [4.78, 5) is 28.2. The largest absolute Gasteiger partial charge is 0.489 e. The summed E-state index contributed by atoms with van der Waals surface area (Å²) < 4.78 is 52.9. The summed E-state index contributed by atoms with van der Waals surface area (Å²) in [5.74, 6) is -4.94. The highest BCUT2D eigenvalue weighted by Gasteiger charge is 2.38. The molecule has 0 radical (unpaired) electrons. The van der Waals surface area contributed by atoms with Crippen molar-refractivity contribution >= 4 is 29.4 Å². The molecule has 1 saturated heterocycles. The lowest BCUT2D eigenvalue weighted by atomic mass is 10.1. The van der Waals surface area contributed by atoms with Crippen LogP contribution in [0, 0.1) is 23.4 Å². The Balaban J connectivity index is 1.32. The number of likely N-dealkylation sites (tertiary alicyclic amines) is 1. The van der Waals surface area contributed by atoms with Crippen molar-refractivity contribution in [3.63, 3.8) is 0 Å². The number of ether oxygens (including phenoxy) is 1. The maximum atomic E-state index is 13.6. The minimum atomic E-state index is -1.61. The molecule has 35 heavy (non-hydrogen) atoms. The summed E-state index contributed by atoms with van der Waals surface area (Å²) in [6.07, 6.45) is 4.89. The van der Waals surface area contributed by atoms with E-state index in [0.717, 1.165) is 0 Å². The lowest BCUT2D eigenvalue weighted by molar-refractivity contribution is 0.0782. The molecule has 2 amide bonds. The monoisotopic (exact) mass is 506 g/mol. The zero-order valence-corrected chi connectivity index (χ0v) is 19.5. The molecule has 3 aromatic rings. The number of benzene rings is 1. The van der Waals surface area contributed by atoms with Crippen LogP contribution in [0.3, 0.4) is 0 Å². The fraction of sp³-hybridized carbons (Fsp3) is 0.318. The summed E-state index contributed by atoms with van der Waals surface area (Å²) in [6.45, 7) is 1.20. The van der Waals surface area contributed by atoms with Crippen molar-refractivity contribution in [1.82, 2.24) is 24.0 Å². The van der Waals surface area contributed by atoms with Gasteiger partial charge in [0, 0.05) is 69.4 Å². The number of carbonyl (C=O) groups excluding carboxylic acids is 2. The first kappa shape index (κ1) is 23.3. The van der Waals surface area contributed by atoms with Crippen LogP contribution in [0.1, 0.15) is 20.8 Å². The smallest absolute Gasteiger partial charge is 0.276 e. The van der Waals surface area contributed by atoms with Crippen LogP contribution in [0.5, 0.6) is 5.75 Å². The molecule has 13 heteroatoms. The molecule has 5 rings (SSSR count). The number of halogens is 3. The fourth-order valence-corrected chi connectivity index (χ4v) is 5.26. The number of fused-ring (bicyclic) bond motifs is 2. The van der Waals surface area contributed by atoms with E-state index in [0.29, 0.717) is 41.4 Å². The highest BCUT2D eigenvalue weighted by atomic mass is 32.2. The maximum Gasteiger partial charge on any atom is 0.276 e. The van der Waals surface area contributed by atoms with Crippen LogP contribution in [0.4, 0.5) is 18.9 Å². The molecule has 9 nitrogen and oxygen atoms in total. The molecule has 2 aromatic heterocycles. The molecule has 1 aromatic carbocycles. The quantitative estimate of drug-likeness (QED) is 0.419. The van der Waals surface area contributed by atoms with Crippen molar-refractivity contribution in [2.45, 2.75) is 10.9 Å². The SMILES string of the molecule is Cn1cc(C(=O)N2CC3COc4c(cn(C)c4C(=O)Nc4cc(F)c(F)c(F)c4)SNC3C2)cn1. The zero-order valence-electron chi connectivity index (χ0n) is 18.7. The Morgan fingerprint density at radius 1 is 1.17 bits per heavy atom. The Morgan fingerprint density at radius 3 is 2.60 bits per heavy atom. The highest BCUT2D eigenvalue weighted by Crippen LogP contribution is 2.37. The zero-order chi connectivity index (χ0) is 24.9. The van der Waals surface area contributed by atoms with Crippen molar-refractivity contribution < 1.29 is 27.5 Å². The van der Waals surface area contributed by atoms with E-state index < -0.39 is 23.4 Å². The van der Waals surface area contributed by atoms with Crippen LogP contribution in [0.2, 0.25) is 0 Å². The first-order valence-corrected chi connectivity index (χ1v) is 11.5. The number of hydrogen-bond donors (Lipinski definition) is 2. The molecule has 2 atom stereocenters. The predicted octanol–water partition coefficient (Wildman–Crippen LogP) is 2.56. The van der Waals surface area contributed by atoms with Gasteiger partial charge in [-0.25, -0.2) is 13.2 Å². The van der Waals surface area contributed by atoms with Crippen LogP contribution in [-0.2, 0) is 14.1 Å². The summed E-state index contributed by atoms with van der Waals surface area (Å²) in [5, 5.41) is 6.44. The van der Waals surface area contributed by atoms with Crippen LogP contribution >= 0.6 is 11.9 Å². The average Bonchev–Trinajstić information content (AvgIpc) is 3.49. The summed E-state index contributed by atoms with van der Waals surface area (Å²) >= 11 is 1.28. The molecule has 1 fully saturated rings. The van der Waals surface area contributed by atoms with E-state index in [2.05, 4.69) is 15.1 Å². The molecule has 2 N–H and O–H groups in total. The number of anilines is 1. The molecular formula is C22H21F3N6O3S. The van der Waals surface area contributed by atoms with Gasteiger partial charge in [-0.3, -0.25) is 19.0 Å². The van der Waals surface area contributed by atoms with Gasteiger partial charge in [-0.05, 0) is 11.9 Å². The van der Waals surface area contributed by atoms with E-state index >= 15 is 0 Å². The molecular weight excluding hydrogens is 485 g/mol. The Bertz CT molecular complexity index is 1300. The van der Waals surface area contributed by atoms with Gasteiger partial charge in [-0.1, -0.05) is 0 Å². The van der Waals surface area contributed by atoms with Gasteiger partial charge in [0.25, 0.3) is 11.8 Å². The number of nitrogens with zero attached hydrogens (tertiary/aromatic N) is 4. The number of nitrogens with one attached hydrogen (secondary N) is 2. The number of hydrogen-bond acceptors (Lipinski definition) is 6. The Morgan fingerprint density at radius 2 is 1.91 bits per heavy atom. The van der Waals surface area contributed by atoms with E-state index in [1.807, 2.05) is 0 Å². The van der Waals surface area contributed by atoms with Crippen molar-refractivity contribution in [1.29, 1.82) is 0 Å². The molecule has 184 valence electrons. The van der Waals surface area contributed by atoms with Crippen LogP contribution in [-0.4, -0.2) is 56.8 Å². The summed E-state index contributed by atoms with van der Waals surface area (Å²) in [6, 6.07) is 1.38. The van der Waals surface area contributed by atoms with Gasteiger partial charge < -0.3 is 19.5 Å². The van der Waals surface area contributed by atoms with Crippen molar-refractivity contribution in [3.05, 3.63) is 59.4 Å². The molecule has 2 unspecified atom stereocenters. The Labute approximate surface area is 202 Å². The van der Waals surface area contributed by atoms with E-state index in [4.69, 9.17) is 4.74 Å². The third-order valence-electron chi connectivity index (χ3n) is 6.00. The van der Waals surface area contributed by atoms with E-state index in [-0.39, 0.29) is 35.9 Å². The van der Waals surface area contributed by atoms with E-state index in [1.54, 1.807) is 40.6 Å². The topological polar surface area (TPSA) is 93.4 Å². The Kier molecular flexibility index (Phi) is 5.97. The van der Waals surface area contributed by atoms with Gasteiger partial charge in [0.15, 0.2) is 28.9 Å². The van der Waals surface area contributed by atoms with Crippen molar-refractivity contribution in [3.8, 4) is 5.75 Å². The third kappa shape index (κ3) is 4.36. The molecule has 4 heterocycles. The van der Waals surface area contributed by atoms with Gasteiger partial charge in [0.05, 0.1) is 23.3 Å². The first-order chi connectivity index (χ1) is 16.7.